The lowest BCUT2D eigenvalue weighted by Gasteiger charge is -2.37. The van der Waals surface area contributed by atoms with Crippen LogP contribution in [0.2, 0.25) is 0 Å². The van der Waals surface area contributed by atoms with Gasteiger partial charge >= 0.3 is 12.2 Å². The molecule has 1 saturated heterocycles. The van der Waals surface area contributed by atoms with Crippen LogP contribution in [0.1, 0.15) is 28.7 Å². The average Bonchev–Trinajstić information content (AvgIpc) is 2.83. The number of pyridine rings is 2. The minimum absolute atomic E-state index is 0.0520. The van der Waals surface area contributed by atoms with Gasteiger partial charge in [0.25, 0.3) is 5.91 Å². The van der Waals surface area contributed by atoms with Crippen LogP contribution in [0.25, 0.3) is 0 Å². The molecule has 2 aromatic heterocycles. The number of amides is 3. The molecule has 0 aliphatic carbocycles. The summed E-state index contributed by atoms with van der Waals surface area (Å²) in [4.78, 5) is 35.1. The third kappa shape index (κ3) is 6.72. The smallest absolute Gasteiger partial charge is 0.435 e. The number of carbonyl (C=O) groups is 2. The molecule has 0 aromatic carbocycles. The highest BCUT2D eigenvalue weighted by atomic mass is 19.4. The molecular weight excluding hydrogens is 467 g/mol. The molecule has 10 nitrogen and oxygen atoms in total. The summed E-state index contributed by atoms with van der Waals surface area (Å²) in [7, 11) is 2.81. The van der Waals surface area contributed by atoms with E-state index in [4.69, 9.17) is 4.74 Å². The molecule has 2 aromatic rings. The Morgan fingerprint density at radius 3 is 2.43 bits per heavy atom. The number of rotatable bonds is 7. The highest BCUT2D eigenvalue weighted by molar-refractivity contribution is 5.92. The first-order valence-electron chi connectivity index (χ1n) is 11.0. The van der Waals surface area contributed by atoms with Crippen molar-refractivity contribution in [3.8, 4) is 5.88 Å². The lowest BCUT2D eigenvalue weighted by molar-refractivity contribution is -0.140. The molecule has 1 fully saturated rings. The van der Waals surface area contributed by atoms with Crippen LogP contribution in [-0.2, 0) is 12.7 Å². The van der Waals surface area contributed by atoms with Gasteiger partial charge in [0.1, 0.15) is 11.5 Å². The van der Waals surface area contributed by atoms with Crippen LogP contribution in [0, 0.1) is 0 Å². The minimum Gasteiger partial charge on any atom is -0.481 e. The summed E-state index contributed by atoms with van der Waals surface area (Å²) in [6.07, 6.45) is -4.70. The molecule has 1 aliphatic heterocycles. The average molecular weight is 496 g/mol. The maximum atomic E-state index is 13.7. The quantitative estimate of drug-likeness (QED) is 0.541. The van der Waals surface area contributed by atoms with E-state index in [-0.39, 0.29) is 17.4 Å². The van der Waals surface area contributed by atoms with Crippen molar-refractivity contribution in [3.05, 3.63) is 41.2 Å². The first kappa shape index (κ1) is 26.0. The number of aromatic nitrogens is 2. The number of carbonyl (C=O) groups excluding carboxylic acids is 2. The fourth-order valence-corrected chi connectivity index (χ4v) is 3.72. The van der Waals surface area contributed by atoms with Crippen LogP contribution >= 0.6 is 0 Å². The third-order valence-corrected chi connectivity index (χ3v) is 5.37. The van der Waals surface area contributed by atoms with E-state index < -0.39 is 17.8 Å². The lowest BCUT2D eigenvalue weighted by Crippen LogP contribution is -2.46. The van der Waals surface area contributed by atoms with E-state index in [1.165, 1.54) is 26.3 Å². The van der Waals surface area contributed by atoms with Crippen molar-refractivity contribution in [2.45, 2.75) is 19.6 Å². The third-order valence-electron chi connectivity index (χ3n) is 5.37. The first-order valence-corrected chi connectivity index (χ1v) is 11.0. The van der Waals surface area contributed by atoms with Crippen molar-refractivity contribution < 1.29 is 27.5 Å². The van der Waals surface area contributed by atoms with Crippen LogP contribution in [0.5, 0.6) is 5.88 Å². The molecule has 0 spiro atoms. The molecule has 3 amide bonds. The minimum atomic E-state index is -4.70. The topological polar surface area (TPSA) is 112 Å². The molecule has 0 unspecified atom stereocenters. The molecule has 0 saturated carbocycles. The molecule has 0 bridgehead atoms. The Kier molecular flexibility index (Phi) is 8.33. The van der Waals surface area contributed by atoms with Gasteiger partial charge in [-0.05, 0) is 30.7 Å². The number of hydrogen-bond acceptors (Lipinski definition) is 7. The van der Waals surface area contributed by atoms with Gasteiger partial charge in [-0.1, -0.05) is 0 Å². The van der Waals surface area contributed by atoms with E-state index in [0.717, 1.165) is 5.56 Å². The van der Waals surface area contributed by atoms with E-state index in [1.807, 2.05) is 0 Å². The summed E-state index contributed by atoms with van der Waals surface area (Å²) in [5.74, 6) is -0.00764. The first-order chi connectivity index (χ1) is 16.6. The monoisotopic (exact) mass is 495 g/mol. The van der Waals surface area contributed by atoms with Crippen LogP contribution in [-0.4, -0.2) is 73.7 Å². The Balaban J connectivity index is 1.71. The highest BCUT2D eigenvalue weighted by Crippen LogP contribution is 2.35. The van der Waals surface area contributed by atoms with Crippen LogP contribution in [0.15, 0.2) is 24.3 Å². The molecule has 0 atom stereocenters. The van der Waals surface area contributed by atoms with Crippen molar-refractivity contribution in [2.75, 3.05) is 57.1 Å². The van der Waals surface area contributed by atoms with E-state index >= 15 is 0 Å². The van der Waals surface area contributed by atoms with Gasteiger partial charge in [0.2, 0.25) is 5.88 Å². The standard InChI is InChI=1S/C22H28F3N7O3/c1-4-27-21(34)30-17-11-14(12-18(29-17)35-3)13-31-7-9-32(10-8-31)16-6-5-15(20(33)26-2)28-19(16)22(23,24)25/h5-6,11-12H,4,7-10,13H2,1-3H3,(H,26,33)(H2,27,29,30,34). The maximum absolute atomic E-state index is 13.7. The Bertz CT molecular complexity index is 1060. The van der Waals surface area contributed by atoms with Crippen molar-refractivity contribution in [2.24, 2.45) is 0 Å². The van der Waals surface area contributed by atoms with Crippen LogP contribution < -0.4 is 25.6 Å². The maximum Gasteiger partial charge on any atom is 0.435 e. The molecule has 3 rings (SSSR count). The van der Waals surface area contributed by atoms with E-state index in [1.54, 1.807) is 24.0 Å². The van der Waals surface area contributed by atoms with Crippen molar-refractivity contribution in [1.82, 2.24) is 25.5 Å². The van der Waals surface area contributed by atoms with Gasteiger partial charge in [0, 0.05) is 52.4 Å². The predicted octanol–water partition coefficient (Wildman–Crippen LogP) is 2.33. The molecule has 13 heteroatoms. The SMILES string of the molecule is CCNC(=O)Nc1cc(CN2CCN(c3ccc(C(=O)NC)nc3C(F)(F)F)CC2)cc(OC)n1. The van der Waals surface area contributed by atoms with Crippen LogP contribution in [0.4, 0.5) is 29.5 Å². The van der Waals surface area contributed by atoms with Crippen molar-refractivity contribution in [1.29, 1.82) is 0 Å². The van der Waals surface area contributed by atoms with Gasteiger partial charge in [-0.3, -0.25) is 15.0 Å². The van der Waals surface area contributed by atoms with Gasteiger partial charge in [0.15, 0.2) is 5.69 Å². The number of nitrogens with one attached hydrogen (secondary N) is 3. The number of ether oxygens (including phenoxy) is 1. The second kappa shape index (κ2) is 11.2. The molecule has 0 radical (unpaired) electrons. The van der Waals surface area contributed by atoms with Crippen LogP contribution in [0.3, 0.4) is 0 Å². The summed E-state index contributed by atoms with van der Waals surface area (Å²) in [5, 5.41) is 7.56. The Morgan fingerprint density at radius 1 is 1.11 bits per heavy atom. The number of halogens is 3. The zero-order valence-corrected chi connectivity index (χ0v) is 19.7. The summed E-state index contributed by atoms with van der Waals surface area (Å²) in [6.45, 7) is 4.44. The van der Waals surface area contributed by atoms with Gasteiger partial charge in [-0.25, -0.2) is 9.78 Å². The molecule has 3 heterocycles. The van der Waals surface area contributed by atoms with Gasteiger partial charge in [0.05, 0.1) is 12.8 Å². The molecule has 3 N–H and O–H groups in total. The Labute approximate surface area is 200 Å². The zero-order valence-electron chi connectivity index (χ0n) is 19.7. The van der Waals surface area contributed by atoms with Gasteiger partial charge < -0.3 is 20.3 Å². The fraction of sp³-hybridized carbons (Fsp3) is 0.455. The number of hydrogen-bond donors (Lipinski definition) is 3. The predicted molar refractivity (Wildman–Crippen MR) is 124 cm³/mol. The fourth-order valence-electron chi connectivity index (χ4n) is 3.72. The normalized spacial score (nSPS) is 14.4. The number of urea groups is 1. The van der Waals surface area contributed by atoms with Gasteiger partial charge in [-0.15, -0.1) is 0 Å². The Hall–Kier alpha value is -3.61. The summed E-state index contributed by atoms with van der Waals surface area (Å²) < 4.78 is 46.3. The van der Waals surface area contributed by atoms with E-state index in [0.29, 0.717) is 51.0 Å². The number of alkyl halides is 3. The summed E-state index contributed by atoms with van der Waals surface area (Å²) >= 11 is 0. The summed E-state index contributed by atoms with van der Waals surface area (Å²) in [5.41, 5.74) is -0.577. The van der Waals surface area contributed by atoms with Crippen molar-refractivity contribution >= 4 is 23.4 Å². The number of anilines is 2. The zero-order chi connectivity index (χ0) is 25.6. The van der Waals surface area contributed by atoms with E-state index in [2.05, 4.69) is 30.8 Å². The van der Waals surface area contributed by atoms with E-state index in [9.17, 15) is 22.8 Å². The largest absolute Gasteiger partial charge is 0.481 e. The lowest BCUT2D eigenvalue weighted by atomic mass is 10.1. The molecule has 35 heavy (non-hydrogen) atoms. The number of methoxy groups -OCH3 is 1. The number of nitrogens with zero attached hydrogens (tertiary/aromatic N) is 4. The summed E-state index contributed by atoms with van der Waals surface area (Å²) in [6, 6.07) is 5.68. The molecular formula is C22H28F3N7O3. The molecule has 1 aliphatic rings. The second-order valence-corrected chi connectivity index (χ2v) is 7.79. The number of piperazine rings is 1. The highest BCUT2D eigenvalue weighted by Gasteiger charge is 2.38. The molecule has 190 valence electrons. The Morgan fingerprint density at radius 2 is 1.83 bits per heavy atom. The van der Waals surface area contributed by atoms with Crippen molar-refractivity contribution in [3.63, 3.8) is 0 Å². The second-order valence-electron chi connectivity index (χ2n) is 7.79. The van der Waals surface area contributed by atoms with Gasteiger partial charge in [-0.2, -0.15) is 18.2 Å².